The molecule has 0 bridgehead atoms. The van der Waals surface area contributed by atoms with Crippen LogP contribution in [0.1, 0.15) is 43.6 Å². The third kappa shape index (κ3) is 3.93. The molecule has 29 heavy (non-hydrogen) atoms. The van der Waals surface area contributed by atoms with Crippen LogP contribution in [0.15, 0.2) is 36.4 Å². The van der Waals surface area contributed by atoms with Crippen LogP contribution in [0.5, 0.6) is 5.75 Å². The fourth-order valence-electron chi connectivity index (χ4n) is 3.01. The standard InChI is InChI=1S/C20H16ClNO7/c1-9-16(23)14-12(21)8-11(17(24)15(14)20(28)29-9)18(25)22-13(19(26)27)7-10-5-3-2-4-6-10/h2-6,8-9,13,24H,7H2,1H3,(H,22,25)(H,26,27)/t9-,13?/m1/s1. The van der Waals surface area contributed by atoms with Gasteiger partial charge in [-0.25, -0.2) is 9.59 Å². The number of cyclic esters (lactones) is 1. The molecule has 3 N–H and O–H groups in total. The second kappa shape index (κ2) is 7.92. The van der Waals surface area contributed by atoms with Crippen molar-refractivity contribution in [3.05, 3.63) is 63.7 Å². The number of aromatic hydroxyl groups is 1. The van der Waals surface area contributed by atoms with Crippen LogP contribution in [0.2, 0.25) is 5.02 Å². The number of esters is 1. The second-order valence-corrected chi connectivity index (χ2v) is 6.88. The first kappa shape index (κ1) is 20.3. The predicted molar refractivity (Wildman–Crippen MR) is 101 cm³/mol. The minimum absolute atomic E-state index is 0.000605. The van der Waals surface area contributed by atoms with E-state index < -0.39 is 52.7 Å². The zero-order chi connectivity index (χ0) is 21.3. The number of fused-ring (bicyclic) bond motifs is 1. The minimum Gasteiger partial charge on any atom is -0.506 e. The topological polar surface area (TPSA) is 130 Å². The van der Waals surface area contributed by atoms with Crippen molar-refractivity contribution in [2.75, 3.05) is 0 Å². The summed E-state index contributed by atoms with van der Waals surface area (Å²) >= 11 is 6.08. The van der Waals surface area contributed by atoms with Crippen molar-refractivity contribution >= 4 is 35.2 Å². The summed E-state index contributed by atoms with van der Waals surface area (Å²) < 4.78 is 4.86. The van der Waals surface area contributed by atoms with Crippen LogP contribution in [-0.4, -0.2) is 46.0 Å². The van der Waals surface area contributed by atoms with E-state index >= 15 is 0 Å². The van der Waals surface area contributed by atoms with E-state index in [2.05, 4.69) is 5.32 Å². The van der Waals surface area contributed by atoms with Crippen LogP contribution < -0.4 is 5.32 Å². The van der Waals surface area contributed by atoms with Crippen molar-refractivity contribution < 1.29 is 34.1 Å². The zero-order valence-electron chi connectivity index (χ0n) is 15.1. The Morgan fingerprint density at radius 2 is 1.86 bits per heavy atom. The Morgan fingerprint density at radius 3 is 2.48 bits per heavy atom. The molecule has 2 aromatic rings. The lowest BCUT2D eigenvalue weighted by Crippen LogP contribution is -2.42. The van der Waals surface area contributed by atoms with Crippen molar-refractivity contribution in [2.45, 2.75) is 25.5 Å². The summed E-state index contributed by atoms with van der Waals surface area (Å²) in [5.74, 6) is -4.65. The number of ketones is 1. The molecule has 1 aliphatic heterocycles. The first-order valence-corrected chi connectivity index (χ1v) is 8.96. The number of halogens is 1. The molecule has 9 heteroatoms. The van der Waals surface area contributed by atoms with E-state index in [1.165, 1.54) is 6.92 Å². The van der Waals surface area contributed by atoms with E-state index in [9.17, 15) is 29.4 Å². The zero-order valence-corrected chi connectivity index (χ0v) is 15.9. The number of rotatable bonds is 5. The first-order valence-electron chi connectivity index (χ1n) is 8.59. The van der Waals surface area contributed by atoms with Crippen molar-refractivity contribution in [2.24, 2.45) is 0 Å². The molecule has 1 amide bonds. The van der Waals surface area contributed by atoms with Gasteiger partial charge in [-0.3, -0.25) is 9.59 Å². The number of ether oxygens (including phenoxy) is 1. The number of carboxylic acids is 1. The van der Waals surface area contributed by atoms with Crippen LogP contribution in [0, 0.1) is 0 Å². The van der Waals surface area contributed by atoms with Gasteiger partial charge in [-0.15, -0.1) is 0 Å². The van der Waals surface area contributed by atoms with Crippen LogP contribution in [-0.2, 0) is 16.0 Å². The van der Waals surface area contributed by atoms with E-state index in [-0.39, 0.29) is 17.0 Å². The fourth-order valence-corrected chi connectivity index (χ4v) is 3.31. The van der Waals surface area contributed by atoms with Crippen LogP contribution in [0.4, 0.5) is 0 Å². The molecule has 2 aromatic carbocycles. The Morgan fingerprint density at radius 1 is 1.21 bits per heavy atom. The summed E-state index contributed by atoms with van der Waals surface area (Å²) in [6, 6.07) is 8.37. The summed E-state index contributed by atoms with van der Waals surface area (Å²) in [4.78, 5) is 48.6. The van der Waals surface area contributed by atoms with E-state index in [4.69, 9.17) is 16.3 Å². The molecule has 0 fully saturated rings. The summed E-state index contributed by atoms with van der Waals surface area (Å²) in [7, 11) is 0. The van der Waals surface area contributed by atoms with Crippen molar-refractivity contribution in [1.82, 2.24) is 5.32 Å². The number of amides is 1. The van der Waals surface area contributed by atoms with Gasteiger partial charge in [-0.1, -0.05) is 41.9 Å². The Labute approximate surface area is 170 Å². The Kier molecular flexibility index (Phi) is 5.56. The Hall–Kier alpha value is -3.39. The highest BCUT2D eigenvalue weighted by Crippen LogP contribution is 2.36. The summed E-state index contributed by atoms with van der Waals surface area (Å²) in [6.45, 7) is 1.36. The number of hydrogen-bond acceptors (Lipinski definition) is 6. The number of nitrogens with one attached hydrogen (secondary N) is 1. The average molecular weight is 418 g/mol. The van der Waals surface area contributed by atoms with E-state index in [1.54, 1.807) is 30.3 Å². The smallest absolute Gasteiger partial charge is 0.343 e. The van der Waals surface area contributed by atoms with Crippen molar-refractivity contribution in [3.63, 3.8) is 0 Å². The van der Waals surface area contributed by atoms with Gasteiger partial charge in [-0.05, 0) is 18.6 Å². The number of benzene rings is 2. The summed E-state index contributed by atoms with van der Waals surface area (Å²) in [5.41, 5.74) is -0.507. The highest BCUT2D eigenvalue weighted by atomic mass is 35.5. The number of carbonyl (C=O) groups excluding carboxylic acids is 3. The van der Waals surface area contributed by atoms with E-state index in [0.717, 1.165) is 6.07 Å². The average Bonchev–Trinajstić information content (AvgIpc) is 2.67. The molecular formula is C20H16ClNO7. The van der Waals surface area contributed by atoms with Crippen LogP contribution in [0.3, 0.4) is 0 Å². The molecule has 0 radical (unpaired) electrons. The maximum Gasteiger partial charge on any atom is 0.343 e. The van der Waals surface area contributed by atoms with Gasteiger partial charge >= 0.3 is 11.9 Å². The number of hydrogen-bond donors (Lipinski definition) is 3. The maximum atomic E-state index is 12.6. The SMILES string of the molecule is C[C@H]1OC(=O)c2c(O)c(C(=O)NC(Cc3ccccc3)C(=O)O)cc(Cl)c2C1=O. The molecule has 8 nitrogen and oxygen atoms in total. The van der Waals surface area contributed by atoms with Crippen LogP contribution >= 0.6 is 11.6 Å². The minimum atomic E-state index is -1.30. The van der Waals surface area contributed by atoms with Gasteiger partial charge in [0, 0.05) is 6.42 Å². The first-order chi connectivity index (χ1) is 13.7. The number of aliphatic carboxylic acids is 1. The van der Waals surface area contributed by atoms with Gasteiger partial charge < -0.3 is 20.3 Å². The van der Waals surface area contributed by atoms with Gasteiger partial charge in [0.1, 0.15) is 17.4 Å². The number of carboxylic acid groups (broad SMARTS) is 1. The fraction of sp³-hybridized carbons (Fsp3) is 0.200. The molecule has 1 aliphatic rings. The number of phenolic OH excluding ortho intramolecular Hbond substituents is 1. The normalized spacial score (nSPS) is 16.6. The van der Waals surface area contributed by atoms with Gasteiger partial charge in [-0.2, -0.15) is 0 Å². The van der Waals surface area contributed by atoms with Gasteiger partial charge in [0.05, 0.1) is 16.1 Å². The predicted octanol–water partition coefficient (Wildman–Crippen LogP) is 2.21. The molecule has 0 aliphatic carbocycles. The van der Waals surface area contributed by atoms with E-state index in [1.807, 2.05) is 0 Å². The highest BCUT2D eigenvalue weighted by Gasteiger charge is 2.38. The molecule has 3 rings (SSSR count). The number of carbonyl (C=O) groups is 4. The third-order valence-corrected chi connectivity index (χ3v) is 4.78. The van der Waals surface area contributed by atoms with Gasteiger partial charge in [0.2, 0.25) is 5.78 Å². The molecule has 2 atom stereocenters. The largest absolute Gasteiger partial charge is 0.506 e. The summed E-state index contributed by atoms with van der Waals surface area (Å²) in [6.07, 6.45) is -1.08. The molecule has 0 aromatic heterocycles. The Balaban J connectivity index is 1.94. The molecule has 150 valence electrons. The van der Waals surface area contributed by atoms with Crippen molar-refractivity contribution in [1.29, 1.82) is 0 Å². The van der Waals surface area contributed by atoms with Crippen molar-refractivity contribution in [3.8, 4) is 5.75 Å². The number of phenols is 1. The summed E-state index contributed by atoms with van der Waals surface area (Å²) in [5, 5.41) is 21.9. The third-order valence-electron chi connectivity index (χ3n) is 4.49. The lowest BCUT2D eigenvalue weighted by atomic mass is 9.94. The van der Waals surface area contributed by atoms with Gasteiger partial charge in [0.15, 0.2) is 6.10 Å². The monoisotopic (exact) mass is 417 g/mol. The number of Topliss-reactive ketones (excluding diaryl/α,β-unsaturated/α-hetero) is 1. The molecule has 0 spiro atoms. The Bertz CT molecular complexity index is 1020. The lowest BCUT2D eigenvalue weighted by Gasteiger charge is -2.23. The maximum absolute atomic E-state index is 12.6. The highest BCUT2D eigenvalue weighted by molar-refractivity contribution is 6.36. The molecule has 0 saturated heterocycles. The second-order valence-electron chi connectivity index (χ2n) is 6.47. The quantitative estimate of drug-likeness (QED) is 0.636. The van der Waals surface area contributed by atoms with Crippen LogP contribution in [0.25, 0.3) is 0 Å². The molecule has 1 heterocycles. The van der Waals surface area contributed by atoms with Gasteiger partial charge in [0.25, 0.3) is 5.91 Å². The molecular weight excluding hydrogens is 402 g/mol. The lowest BCUT2D eigenvalue weighted by molar-refractivity contribution is -0.139. The molecule has 0 saturated carbocycles. The van der Waals surface area contributed by atoms with E-state index in [0.29, 0.717) is 5.56 Å². The molecule has 1 unspecified atom stereocenters.